The molecule has 0 radical (unpaired) electrons. The number of nitrogens with zero attached hydrogens (tertiary/aromatic N) is 2. The number of aromatic nitrogens is 2. The molecule has 0 bridgehead atoms. The van der Waals surface area contributed by atoms with E-state index in [1.54, 1.807) is 12.6 Å². The molecule has 0 fully saturated rings. The van der Waals surface area contributed by atoms with Crippen LogP contribution in [0.5, 0.6) is 5.75 Å². The standard InChI is InChI=1S/C22H27N5O4S/c1-14-11-15(31-2)9-10-16(14)25-22-21-17(23-13-24-22)12-20(32-21)26-18(28)7-5-3-4-6-8-19(29)27-30/h9-13,30H,3-8H2,1-2H3,(H,26,28)(H,27,29)(H,23,24,25). The molecule has 1 aromatic carbocycles. The molecule has 0 aliphatic carbocycles. The van der Waals surface area contributed by atoms with Crippen LogP contribution >= 0.6 is 11.3 Å². The van der Waals surface area contributed by atoms with Gasteiger partial charge in [0.1, 0.15) is 12.1 Å². The SMILES string of the molecule is COc1ccc(Nc2ncnc3cc(NC(=O)CCCCCCC(=O)NO)sc23)c(C)c1. The van der Waals surface area contributed by atoms with Crippen LogP contribution in [-0.4, -0.2) is 34.1 Å². The first-order valence-corrected chi connectivity index (χ1v) is 11.2. The van der Waals surface area contributed by atoms with E-state index >= 15 is 0 Å². The van der Waals surface area contributed by atoms with Gasteiger partial charge >= 0.3 is 0 Å². The molecule has 0 unspecified atom stereocenters. The van der Waals surface area contributed by atoms with Crippen molar-refractivity contribution in [2.75, 3.05) is 17.7 Å². The number of unbranched alkanes of at least 4 members (excludes halogenated alkanes) is 3. The minimum Gasteiger partial charge on any atom is -0.497 e. The van der Waals surface area contributed by atoms with Crippen LogP contribution in [0.4, 0.5) is 16.5 Å². The Hall–Kier alpha value is -3.24. The zero-order valence-corrected chi connectivity index (χ0v) is 18.9. The number of benzene rings is 1. The molecule has 2 aromatic heterocycles. The fourth-order valence-electron chi connectivity index (χ4n) is 3.22. The van der Waals surface area contributed by atoms with E-state index in [1.807, 2.05) is 31.2 Å². The highest BCUT2D eigenvalue weighted by atomic mass is 32.1. The molecule has 2 heterocycles. The van der Waals surface area contributed by atoms with E-state index < -0.39 is 0 Å². The molecular formula is C22H27N5O4S. The highest BCUT2D eigenvalue weighted by Gasteiger charge is 2.12. The lowest BCUT2D eigenvalue weighted by Crippen LogP contribution is -2.17. The molecule has 3 rings (SSSR count). The quantitative estimate of drug-likeness (QED) is 0.189. The van der Waals surface area contributed by atoms with Gasteiger partial charge in [-0.3, -0.25) is 14.8 Å². The summed E-state index contributed by atoms with van der Waals surface area (Å²) in [7, 11) is 1.64. The van der Waals surface area contributed by atoms with Crippen molar-refractivity contribution in [3.8, 4) is 5.75 Å². The topological polar surface area (TPSA) is 125 Å². The summed E-state index contributed by atoms with van der Waals surface area (Å²) in [5.41, 5.74) is 4.32. The zero-order valence-electron chi connectivity index (χ0n) is 18.1. The maximum Gasteiger partial charge on any atom is 0.243 e. The average molecular weight is 458 g/mol. The molecule has 0 saturated heterocycles. The second-order valence-corrected chi connectivity index (χ2v) is 8.40. The number of hydroxylamine groups is 1. The van der Waals surface area contributed by atoms with Gasteiger partial charge in [-0.15, -0.1) is 11.3 Å². The number of anilines is 3. The fourth-order valence-corrected chi connectivity index (χ4v) is 4.19. The van der Waals surface area contributed by atoms with Gasteiger partial charge in [0.05, 0.1) is 22.3 Å². The Labute approximate surface area is 190 Å². The Bertz CT molecular complexity index is 1090. The minimum absolute atomic E-state index is 0.0573. The first kappa shape index (κ1) is 23.4. The summed E-state index contributed by atoms with van der Waals surface area (Å²) in [4.78, 5) is 31.9. The summed E-state index contributed by atoms with van der Waals surface area (Å²) in [6.07, 6.45) is 5.30. The third-order valence-electron chi connectivity index (χ3n) is 4.94. The number of carbonyl (C=O) groups excluding carboxylic acids is 2. The molecule has 0 atom stereocenters. The number of rotatable bonds is 11. The van der Waals surface area contributed by atoms with E-state index in [0.717, 1.165) is 51.5 Å². The lowest BCUT2D eigenvalue weighted by atomic mass is 10.1. The van der Waals surface area contributed by atoms with Gasteiger partial charge in [0.15, 0.2) is 5.82 Å². The van der Waals surface area contributed by atoms with Gasteiger partial charge in [0.2, 0.25) is 11.8 Å². The molecule has 170 valence electrons. The Morgan fingerprint density at radius 2 is 1.81 bits per heavy atom. The first-order chi connectivity index (χ1) is 15.5. The maximum atomic E-state index is 12.3. The molecule has 3 aromatic rings. The van der Waals surface area contributed by atoms with Crippen LogP contribution in [0.25, 0.3) is 10.2 Å². The summed E-state index contributed by atoms with van der Waals surface area (Å²) < 4.78 is 6.12. The smallest absolute Gasteiger partial charge is 0.243 e. The normalized spacial score (nSPS) is 10.7. The van der Waals surface area contributed by atoms with Gasteiger partial charge in [0, 0.05) is 18.5 Å². The average Bonchev–Trinajstić information content (AvgIpc) is 3.20. The van der Waals surface area contributed by atoms with E-state index in [1.165, 1.54) is 17.7 Å². The van der Waals surface area contributed by atoms with E-state index in [4.69, 9.17) is 9.94 Å². The van der Waals surface area contributed by atoms with Crippen molar-refractivity contribution in [1.82, 2.24) is 15.4 Å². The van der Waals surface area contributed by atoms with Crippen molar-refractivity contribution >= 4 is 49.9 Å². The number of fused-ring (bicyclic) bond motifs is 1. The molecule has 4 N–H and O–H groups in total. The van der Waals surface area contributed by atoms with Crippen molar-refractivity contribution in [3.63, 3.8) is 0 Å². The third-order valence-corrected chi connectivity index (χ3v) is 5.99. The van der Waals surface area contributed by atoms with E-state index in [9.17, 15) is 9.59 Å². The largest absolute Gasteiger partial charge is 0.497 e. The fraction of sp³-hybridized carbons (Fsp3) is 0.364. The molecule has 0 aliphatic heterocycles. The summed E-state index contributed by atoms with van der Waals surface area (Å²) in [5, 5.41) is 15.5. The molecule has 9 nitrogen and oxygen atoms in total. The highest BCUT2D eigenvalue weighted by molar-refractivity contribution is 7.23. The Morgan fingerprint density at radius 1 is 1.06 bits per heavy atom. The molecule has 2 amide bonds. The molecule has 0 saturated carbocycles. The van der Waals surface area contributed by atoms with Crippen molar-refractivity contribution in [2.24, 2.45) is 0 Å². The number of ether oxygens (including phenoxy) is 1. The monoisotopic (exact) mass is 457 g/mol. The third kappa shape index (κ3) is 6.38. The van der Waals surface area contributed by atoms with Gasteiger partial charge in [-0.05, 0) is 49.6 Å². The molecular weight excluding hydrogens is 430 g/mol. The van der Waals surface area contributed by atoms with Crippen LogP contribution in [-0.2, 0) is 9.59 Å². The van der Waals surface area contributed by atoms with Crippen LogP contribution in [0.2, 0.25) is 0 Å². The van der Waals surface area contributed by atoms with Gasteiger partial charge in [-0.25, -0.2) is 15.4 Å². The molecule has 10 heteroatoms. The Morgan fingerprint density at radius 3 is 2.50 bits per heavy atom. The van der Waals surface area contributed by atoms with Crippen molar-refractivity contribution < 1.29 is 19.5 Å². The van der Waals surface area contributed by atoms with Crippen molar-refractivity contribution in [2.45, 2.75) is 45.4 Å². The number of aryl methyl sites for hydroxylation is 1. The Kier molecular flexibility index (Phi) is 8.34. The first-order valence-electron chi connectivity index (χ1n) is 10.4. The maximum absolute atomic E-state index is 12.3. The van der Waals surface area contributed by atoms with Crippen molar-refractivity contribution in [3.05, 3.63) is 36.2 Å². The number of amides is 2. The van der Waals surface area contributed by atoms with Gasteiger partial charge in [-0.2, -0.15) is 0 Å². The van der Waals surface area contributed by atoms with Crippen molar-refractivity contribution in [1.29, 1.82) is 0 Å². The predicted molar refractivity (Wildman–Crippen MR) is 125 cm³/mol. The summed E-state index contributed by atoms with van der Waals surface area (Å²) in [6, 6.07) is 7.62. The zero-order chi connectivity index (χ0) is 22.9. The predicted octanol–water partition coefficient (Wildman–Crippen LogP) is 4.54. The number of carbonyl (C=O) groups is 2. The second-order valence-electron chi connectivity index (χ2n) is 7.35. The lowest BCUT2D eigenvalue weighted by molar-refractivity contribution is -0.129. The highest BCUT2D eigenvalue weighted by Crippen LogP contribution is 2.35. The summed E-state index contributed by atoms with van der Waals surface area (Å²) in [5.74, 6) is 1.03. The number of hydrogen-bond acceptors (Lipinski definition) is 8. The number of thiophene rings is 1. The van der Waals surface area contributed by atoms with Gasteiger partial charge in [0.25, 0.3) is 0 Å². The summed E-state index contributed by atoms with van der Waals surface area (Å²) >= 11 is 1.43. The van der Waals surface area contributed by atoms with E-state index in [0.29, 0.717) is 18.7 Å². The molecule has 0 aliphatic rings. The van der Waals surface area contributed by atoms with Crippen LogP contribution < -0.4 is 20.9 Å². The minimum atomic E-state index is -0.383. The van der Waals surface area contributed by atoms with Gasteiger partial charge in [-0.1, -0.05) is 12.8 Å². The number of nitrogens with one attached hydrogen (secondary N) is 3. The summed E-state index contributed by atoms with van der Waals surface area (Å²) in [6.45, 7) is 1.99. The van der Waals surface area contributed by atoms with E-state index in [-0.39, 0.29) is 18.2 Å². The van der Waals surface area contributed by atoms with Crippen LogP contribution in [0.1, 0.15) is 44.1 Å². The second kappa shape index (κ2) is 11.4. The lowest BCUT2D eigenvalue weighted by Gasteiger charge is -2.10. The van der Waals surface area contributed by atoms with Crippen LogP contribution in [0.15, 0.2) is 30.6 Å². The number of methoxy groups -OCH3 is 1. The van der Waals surface area contributed by atoms with Crippen LogP contribution in [0, 0.1) is 6.92 Å². The number of hydrogen-bond donors (Lipinski definition) is 4. The Balaban J connectivity index is 1.56. The molecule has 0 spiro atoms. The van der Waals surface area contributed by atoms with E-state index in [2.05, 4.69) is 20.6 Å². The molecule has 32 heavy (non-hydrogen) atoms. The van der Waals surface area contributed by atoms with Crippen LogP contribution in [0.3, 0.4) is 0 Å². The van der Waals surface area contributed by atoms with Gasteiger partial charge < -0.3 is 15.4 Å².